The molecular formula is C15H12ClFN4O2. The summed E-state index contributed by atoms with van der Waals surface area (Å²) in [6.45, 7) is 1.94. The first-order valence-electron chi connectivity index (χ1n) is 6.74. The van der Waals surface area contributed by atoms with Gasteiger partial charge >= 0.3 is 0 Å². The van der Waals surface area contributed by atoms with E-state index in [1.54, 1.807) is 19.1 Å². The van der Waals surface area contributed by atoms with Crippen molar-refractivity contribution < 1.29 is 13.6 Å². The normalized spacial score (nSPS) is 10.7. The summed E-state index contributed by atoms with van der Waals surface area (Å²) in [6, 6.07) is 7.65. The molecule has 0 bridgehead atoms. The zero-order valence-electron chi connectivity index (χ0n) is 12.1. The van der Waals surface area contributed by atoms with Crippen molar-refractivity contribution in [3.63, 3.8) is 0 Å². The van der Waals surface area contributed by atoms with Crippen LogP contribution in [0.15, 0.2) is 41.0 Å². The fourth-order valence-corrected chi connectivity index (χ4v) is 2.24. The summed E-state index contributed by atoms with van der Waals surface area (Å²) in [5, 5.41) is 10.5. The Balaban J connectivity index is 1.80. The maximum absolute atomic E-state index is 13.2. The Hall–Kier alpha value is -2.67. The quantitative estimate of drug-likeness (QED) is 0.796. The van der Waals surface area contributed by atoms with Gasteiger partial charge in [-0.05, 0) is 37.3 Å². The Labute approximate surface area is 135 Å². The van der Waals surface area contributed by atoms with Gasteiger partial charge in [0.2, 0.25) is 0 Å². The predicted octanol–water partition coefficient (Wildman–Crippen LogP) is 2.89. The average Bonchev–Trinajstić information content (AvgIpc) is 3.17. The first-order valence-corrected chi connectivity index (χ1v) is 7.12. The van der Waals surface area contributed by atoms with Crippen LogP contribution in [-0.4, -0.2) is 20.9 Å². The van der Waals surface area contributed by atoms with Gasteiger partial charge in [0.05, 0.1) is 29.2 Å². The molecule has 3 aromatic rings. The molecule has 0 unspecified atom stereocenters. The molecule has 2 aromatic heterocycles. The summed E-state index contributed by atoms with van der Waals surface area (Å²) >= 11 is 5.77. The zero-order chi connectivity index (χ0) is 16.4. The zero-order valence-corrected chi connectivity index (χ0v) is 12.8. The molecule has 0 saturated carbocycles. The molecule has 8 heteroatoms. The lowest BCUT2D eigenvalue weighted by Crippen LogP contribution is -2.23. The topological polar surface area (TPSA) is 73.0 Å². The number of benzene rings is 1. The van der Waals surface area contributed by atoms with Gasteiger partial charge in [-0.1, -0.05) is 16.8 Å². The SMILES string of the molecule is Cc1c(C(=O)NCc2ccco2)nnn1-c1ccc(F)c(Cl)c1. The molecule has 0 aliphatic heterocycles. The first kappa shape index (κ1) is 15.2. The molecule has 0 radical (unpaired) electrons. The molecule has 2 heterocycles. The Morgan fingerprint density at radius 1 is 1.43 bits per heavy atom. The fraction of sp³-hybridized carbons (Fsp3) is 0.133. The van der Waals surface area contributed by atoms with E-state index in [-0.39, 0.29) is 23.2 Å². The Kier molecular flexibility index (Phi) is 4.12. The van der Waals surface area contributed by atoms with Crippen LogP contribution in [0.2, 0.25) is 5.02 Å². The molecule has 1 amide bonds. The number of furan rings is 1. The van der Waals surface area contributed by atoms with Crippen LogP contribution in [0.3, 0.4) is 0 Å². The molecule has 23 heavy (non-hydrogen) atoms. The van der Waals surface area contributed by atoms with Gasteiger partial charge < -0.3 is 9.73 Å². The molecule has 1 N–H and O–H groups in total. The maximum Gasteiger partial charge on any atom is 0.274 e. The van der Waals surface area contributed by atoms with Crippen molar-refractivity contribution in [2.45, 2.75) is 13.5 Å². The minimum atomic E-state index is -0.524. The van der Waals surface area contributed by atoms with Gasteiger partial charge in [0, 0.05) is 0 Å². The van der Waals surface area contributed by atoms with E-state index in [0.29, 0.717) is 17.1 Å². The predicted molar refractivity (Wildman–Crippen MR) is 80.9 cm³/mol. The van der Waals surface area contributed by atoms with Crippen LogP contribution in [0, 0.1) is 12.7 Å². The number of amides is 1. The summed E-state index contributed by atoms with van der Waals surface area (Å²) < 4.78 is 19.8. The smallest absolute Gasteiger partial charge is 0.274 e. The second-order valence-electron chi connectivity index (χ2n) is 4.80. The lowest BCUT2D eigenvalue weighted by Gasteiger charge is -2.05. The van der Waals surface area contributed by atoms with Crippen LogP contribution in [0.5, 0.6) is 0 Å². The molecule has 6 nitrogen and oxygen atoms in total. The van der Waals surface area contributed by atoms with E-state index < -0.39 is 5.82 Å². The van der Waals surface area contributed by atoms with Crippen molar-refractivity contribution in [1.82, 2.24) is 20.3 Å². The van der Waals surface area contributed by atoms with E-state index in [2.05, 4.69) is 15.6 Å². The van der Waals surface area contributed by atoms with E-state index in [1.807, 2.05) is 0 Å². The van der Waals surface area contributed by atoms with E-state index in [0.717, 1.165) is 0 Å². The van der Waals surface area contributed by atoms with Crippen LogP contribution in [-0.2, 0) is 6.54 Å². The number of carbonyl (C=O) groups excluding carboxylic acids is 1. The van der Waals surface area contributed by atoms with Crippen molar-refractivity contribution in [2.75, 3.05) is 0 Å². The number of nitrogens with zero attached hydrogens (tertiary/aromatic N) is 3. The molecular weight excluding hydrogens is 323 g/mol. The van der Waals surface area contributed by atoms with Crippen LogP contribution < -0.4 is 5.32 Å². The van der Waals surface area contributed by atoms with Crippen molar-refractivity contribution in [3.05, 3.63) is 64.6 Å². The first-order chi connectivity index (χ1) is 11.1. The van der Waals surface area contributed by atoms with Crippen LogP contribution in [0.1, 0.15) is 21.9 Å². The third-order valence-electron chi connectivity index (χ3n) is 3.26. The molecule has 1 aromatic carbocycles. The average molecular weight is 335 g/mol. The lowest BCUT2D eigenvalue weighted by atomic mass is 10.2. The summed E-state index contributed by atoms with van der Waals surface area (Å²) in [6.07, 6.45) is 1.53. The van der Waals surface area contributed by atoms with Crippen LogP contribution >= 0.6 is 11.6 Å². The van der Waals surface area contributed by atoms with Crippen LogP contribution in [0.25, 0.3) is 5.69 Å². The lowest BCUT2D eigenvalue weighted by molar-refractivity contribution is 0.0942. The van der Waals surface area contributed by atoms with Gasteiger partial charge in [0.15, 0.2) is 5.69 Å². The fourth-order valence-electron chi connectivity index (χ4n) is 2.07. The van der Waals surface area contributed by atoms with Gasteiger partial charge in [-0.2, -0.15) is 0 Å². The molecule has 0 saturated heterocycles. The largest absolute Gasteiger partial charge is 0.467 e. The van der Waals surface area contributed by atoms with Gasteiger partial charge in [0.1, 0.15) is 11.6 Å². The number of hydrogen-bond acceptors (Lipinski definition) is 4. The summed E-state index contributed by atoms with van der Waals surface area (Å²) in [4.78, 5) is 12.2. The molecule has 0 aliphatic carbocycles. The highest BCUT2D eigenvalue weighted by molar-refractivity contribution is 6.30. The Morgan fingerprint density at radius 2 is 2.26 bits per heavy atom. The Morgan fingerprint density at radius 3 is 2.96 bits per heavy atom. The monoisotopic (exact) mass is 334 g/mol. The third-order valence-corrected chi connectivity index (χ3v) is 3.55. The molecule has 0 aliphatic rings. The van der Waals surface area contributed by atoms with E-state index in [4.69, 9.17) is 16.0 Å². The molecule has 3 rings (SSSR count). The number of carbonyl (C=O) groups is 1. The second-order valence-corrected chi connectivity index (χ2v) is 5.20. The highest BCUT2D eigenvalue weighted by Gasteiger charge is 2.18. The summed E-state index contributed by atoms with van der Waals surface area (Å²) in [5.74, 6) is -0.267. The number of rotatable bonds is 4. The van der Waals surface area contributed by atoms with E-state index >= 15 is 0 Å². The maximum atomic E-state index is 13.2. The summed E-state index contributed by atoms with van der Waals surface area (Å²) in [7, 11) is 0. The number of aromatic nitrogens is 3. The molecule has 118 valence electrons. The molecule has 0 atom stereocenters. The van der Waals surface area contributed by atoms with Gasteiger partial charge in [0.25, 0.3) is 5.91 Å². The van der Waals surface area contributed by atoms with E-state index in [9.17, 15) is 9.18 Å². The number of nitrogens with one attached hydrogen (secondary N) is 1. The highest BCUT2D eigenvalue weighted by Crippen LogP contribution is 2.20. The second kappa shape index (κ2) is 6.21. The van der Waals surface area contributed by atoms with Gasteiger partial charge in [-0.25, -0.2) is 9.07 Å². The van der Waals surface area contributed by atoms with E-state index in [1.165, 1.54) is 29.1 Å². The van der Waals surface area contributed by atoms with Crippen molar-refractivity contribution in [2.24, 2.45) is 0 Å². The Bertz CT molecular complexity index is 845. The number of halogens is 2. The minimum Gasteiger partial charge on any atom is -0.467 e. The third kappa shape index (κ3) is 3.09. The highest BCUT2D eigenvalue weighted by atomic mass is 35.5. The minimum absolute atomic E-state index is 0.0266. The molecule has 0 fully saturated rings. The van der Waals surface area contributed by atoms with Gasteiger partial charge in [-0.15, -0.1) is 5.10 Å². The van der Waals surface area contributed by atoms with Crippen molar-refractivity contribution in [3.8, 4) is 5.69 Å². The molecule has 0 spiro atoms. The van der Waals surface area contributed by atoms with Gasteiger partial charge in [-0.3, -0.25) is 4.79 Å². The summed E-state index contributed by atoms with van der Waals surface area (Å²) in [5.41, 5.74) is 1.22. The van der Waals surface area contributed by atoms with Crippen LogP contribution in [0.4, 0.5) is 4.39 Å². The van der Waals surface area contributed by atoms with Crippen molar-refractivity contribution in [1.29, 1.82) is 0 Å². The number of hydrogen-bond donors (Lipinski definition) is 1. The van der Waals surface area contributed by atoms with Crippen molar-refractivity contribution >= 4 is 17.5 Å². The standard InChI is InChI=1S/C15H12ClFN4O2/c1-9-14(15(22)18-8-11-3-2-6-23-11)19-20-21(9)10-4-5-13(17)12(16)7-10/h2-7H,8H2,1H3,(H,18,22).